The molecule has 10 nitrogen and oxygen atoms in total. The van der Waals surface area contributed by atoms with Gasteiger partial charge >= 0.3 is 0 Å². The van der Waals surface area contributed by atoms with E-state index in [1.165, 1.54) is 6.33 Å². The summed E-state index contributed by atoms with van der Waals surface area (Å²) in [6, 6.07) is 15.7. The normalized spacial score (nSPS) is 14.6. The van der Waals surface area contributed by atoms with Crippen molar-refractivity contribution in [2.45, 2.75) is 13.3 Å². The molecule has 1 aliphatic heterocycles. The van der Waals surface area contributed by atoms with Gasteiger partial charge in [-0.05, 0) is 68.4 Å². The van der Waals surface area contributed by atoms with E-state index in [4.69, 9.17) is 9.47 Å². The number of benzene rings is 2. The zero-order chi connectivity index (χ0) is 26.6. The van der Waals surface area contributed by atoms with Crippen molar-refractivity contribution >= 4 is 28.1 Å². The van der Waals surface area contributed by atoms with Gasteiger partial charge in [-0.25, -0.2) is 19.5 Å². The van der Waals surface area contributed by atoms with Crippen molar-refractivity contribution in [2.75, 3.05) is 51.7 Å². The first kappa shape index (κ1) is 25.0. The van der Waals surface area contributed by atoms with Crippen LogP contribution in [-0.4, -0.2) is 80.7 Å². The maximum absolute atomic E-state index is 6.11. The number of ether oxygens (including phenoxy) is 2. The van der Waals surface area contributed by atoms with Crippen LogP contribution in [-0.2, 0) is 0 Å². The summed E-state index contributed by atoms with van der Waals surface area (Å²) in [6.07, 6.45) is 5.92. The zero-order valence-electron chi connectivity index (χ0n) is 22.2. The second kappa shape index (κ2) is 11.2. The molecule has 0 atom stereocenters. The summed E-state index contributed by atoms with van der Waals surface area (Å²) in [5.74, 6) is 3.03. The van der Waals surface area contributed by atoms with Crippen LogP contribution in [0.5, 0.6) is 17.2 Å². The number of nitrogens with zero attached hydrogens (tertiary/aromatic N) is 7. The van der Waals surface area contributed by atoms with Crippen LogP contribution in [0, 0.1) is 6.92 Å². The number of fused-ring (bicyclic) bond motifs is 2. The van der Waals surface area contributed by atoms with E-state index in [1.807, 2.05) is 61.7 Å². The number of hydrogen-bond donors (Lipinski definition) is 1. The Kier molecular flexibility index (Phi) is 7.20. The Morgan fingerprint density at radius 3 is 2.67 bits per heavy atom. The summed E-state index contributed by atoms with van der Waals surface area (Å²) < 4.78 is 13.9. The Bertz CT molecular complexity index is 1580. The lowest BCUT2D eigenvalue weighted by Gasteiger charge is -2.32. The fourth-order valence-corrected chi connectivity index (χ4v) is 4.74. The lowest BCUT2D eigenvalue weighted by atomic mass is 10.2. The Labute approximate surface area is 227 Å². The lowest BCUT2D eigenvalue weighted by molar-refractivity contribution is 0.145. The lowest BCUT2D eigenvalue weighted by Crippen LogP contribution is -2.44. The van der Waals surface area contributed by atoms with Crippen LogP contribution in [0.2, 0.25) is 0 Å². The van der Waals surface area contributed by atoms with Gasteiger partial charge in [0.1, 0.15) is 35.7 Å². The molecular formula is C29H32N8O2. The van der Waals surface area contributed by atoms with Crippen molar-refractivity contribution in [1.82, 2.24) is 34.4 Å². The number of hydrogen-bond acceptors (Lipinski definition) is 9. The summed E-state index contributed by atoms with van der Waals surface area (Å²) in [4.78, 5) is 18.1. The molecule has 4 heterocycles. The number of anilines is 2. The molecule has 0 aliphatic carbocycles. The van der Waals surface area contributed by atoms with Crippen LogP contribution in [0.3, 0.4) is 0 Å². The largest absolute Gasteiger partial charge is 0.494 e. The molecule has 0 saturated carbocycles. The predicted molar refractivity (Wildman–Crippen MR) is 151 cm³/mol. The summed E-state index contributed by atoms with van der Waals surface area (Å²) in [6.45, 7) is 8.29. The van der Waals surface area contributed by atoms with E-state index in [-0.39, 0.29) is 0 Å². The van der Waals surface area contributed by atoms with Gasteiger partial charge in [-0.3, -0.25) is 0 Å². The summed E-state index contributed by atoms with van der Waals surface area (Å²) in [7, 11) is 2.18. The van der Waals surface area contributed by atoms with Gasteiger partial charge < -0.3 is 24.6 Å². The molecule has 10 heteroatoms. The van der Waals surface area contributed by atoms with Crippen molar-refractivity contribution in [1.29, 1.82) is 0 Å². The predicted octanol–water partition coefficient (Wildman–Crippen LogP) is 4.53. The number of aromatic nitrogens is 5. The molecule has 0 unspecified atom stereocenters. The Balaban J connectivity index is 1.11. The molecule has 2 aromatic carbocycles. The van der Waals surface area contributed by atoms with Crippen molar-refractivity contribution in [2.24, 2.45) is 0 Å². The molecule has 39 heavy (non-hydrogen) atoms. The fourth-order valence-electron chi connectivity index (χ4n) is 4.74. The van der Waals surface area contributed by atoms with E-state index in [2.05, 4.69) is 42.2 Å². The Morgan fingerprint density at radius 1 is 0.897 bits per heavy atom. The van der Waals surface area contributed by atoms with Crippen LogP contribution < -0.4 is 14.8 Å². The fraction of sp³-hybridized carbons (Fsp3) is 0.310. The van der Waals surface area contributed by atoms with E-state index in [0.717, 1.165) is 84.3 Å². The van der Waals surface area contributed by atoms with Crippen LogP contribution in [0.25, 0.3) is 16.6 Å². The van der Waals surface area contributed by atoms with E-state index >= 15 is 0 Å². The third-order valence-corrected chi connectivity index (χ3v) is 7.01. The molecule has 0 spiro atoms. The van der Waals surface area contributed by atoms with Crippen molar-refractivity contribution < 1.29 is 9.47 Å². The topological polar surface area (TPSA) is 92.9 Å². The van der Waals surface area contributed by atoms with Gasteiger partial charge in [-0.1, -0.05) is 0 Å². The molecule has 1 saturated heterocycles. The van der Waals surface area contributed by atoms with Crippen LogP contribution in [0.15, 0.2) is 67.4 Å². The van der Waals surface area contributed by atoms with Crippen molar-refractivity contribution in [3.63, 3.8) is 0 Å². The van der Waals surface area contributed by atoms with Crippen LogP contribution in [0.1, 0.15) is 12.0 Å². The molecule has 1 fully saturated rings. The van der Waals surface area contributed by atoms with Gasteiger partial charge in [0.2, 0.25) is 0 Å². The summed E-state index contributed by atoms with van der Waals surface area (Å²) in [5.41, 5.74) is 3.49. The van der Waals surface area contributed by atoms with Gasteiger partial charge in [0.25, 0.3) is 0 Å². The molecule has 5 aromatic rings. The molecule has 200 valence electrons. The first-order valence-corrected chi connectivity index (χ1v) is 13.2. The van der Waals surface area contributed by atoms with Crippen LogP contribution >= 0.6 is 0 Å². The summed E-state index contributed by atoms with van der Waals surface area (Å²) >= 11 is 0. The van der Waals surface area contributed by atoms with Gasteiger partial charge in [0.05, 0.1) is 12.1 Å². The van der Waals surface area contributed by atoms with Crippen LogP contribution in [0.4, 0.5) is 11.5 Å². The van der Waals surface area contributed by atoms with Gasteiger partial charge in [-0.2, -0.15) is 5.10 Å². The molecule has 1 aliphatic rings. The SMILES string of the molecule is Cc1cc(Nc2ncnc3ccc(OCCCN4CCN(C)CC4)cc23)ccc1Oc1ccn2ncnc2c1. The number of nitrogens with one attached hydrogen (secondary N) is 1. The third-order valence-electron chi connectivity index (χ3n) is 7.01. The Morgan fingerprint density at radius 2 is 1.79 bits per heavy atom. The number of rotatable bonds is 9. The minimum absolute atomic E-state index is 0.680. The zero-order valence-corrected chi connectivity index (χ0v) is 22.2. The maximum Gasteiger partial charge on any atom is 0.158 e. The Hall–Kier alpha value is -4.28. The standard InChI is InChI=1S/C29H32N8O2/c1-21-16-22(4-7-27(21)39-24-8-10-37-28(18-24)31-20-33-37)34-29-25-17-23(5-6-26(25)30-19-32-29)38-15-3-9-36-13-11-35(2)12-14-36/h4-8,10,16-20H,3,9,11-15H2,1-2H3,(H,30,32,34). The molecule has 0 amide bonds. The molecule has 1 N–H and O–H groups in total. The highest BCUT2D eigenvalue weighted by Crippen LogP contribution is 2.31. The minimum atomic E-state index is 0.680. The molecule has 3 aromatic heterocycles. The highest BCUT2D eigenvalue weighted by Gasteiger charge is 2.13. The highest BCUT2D eigenvalue weighted by atomic mass is 16.5. The highest BCUT2D eigenvalue weighted by molar-refractivity contribution is 5.91. The average Bonchev–Trinajstić information content (AvgIpc) is 3.42. The number of piperazine rings is 1. The second-order valence-corrected chi connectivity index (χ2v) is 9.88. The molecular weight excluding hydrogens is 492 g/mol. The summed E-state index contributed by atoms with van der Waals surface area (Å²) in [5, 5.41) is 8.48. The smallest absolute Gasteiger partial charge is 0.158 e. The average molecular weight is 525 g/mol. The maximum atomic E-state index is 6.11. The molecule has 0 bridgehead atoms. The first-order chi connectivity index (χ1) is 19.1. The van der Waals surface area contributed by atoms with E-state index < -0.39 is 0 Å². The number of likely N-dealkylation sites (N-methyl/N-ethyl adjacent to an activating group) is 1. The molecule has 0 radical (unpaired) electrons. The third kappa shape index (κ3) is 5.92. The minimum Gasteiger partial charge on any atom is -0.494 e. The van der Waals surface area contributed by atoms with Crippen molar-refractivity contribution in [3.8, 4) is 17.2 Å². The monoisotopic (exact) mass is 524 g/mol. The first-order valence-electron chi connectivity index (χ1n) is 13.2. The number of aryl methyl sites for hydroxylation is 1. The van der Waals surface area contributed by atoms with E-state index in [0.29, 0.717) is 12.4 Å². The van der Waals surface area contributed by atoms with Gasteiger partial charge in [-0.15, -0.1) is 0 Å². The quantitative estimate of drug-likeness (QED) is 0.279. The van der Waals surface area contributed by atoms with E-state index in [1.54, 1.807) is 10.8 Å². The number of pyridine rings is 1. The van der Waals surface area contributed by atoms with Gasteiger partial charge in [0, 0.05) is 56.1 Å². The second-order valence-electron chi connectivity index (χ2n) is 9.88. The van der Waals surface area contributed by atoms with Gasteiger partial charge in [0.15, 0.2) is 5.65 Å². The van der Waals surface area contributed by atoms with Crippen molar-refractivity contribution in [3.05, 3.63) is 72.9 Å². The van der Waals surface area contributed by atoms with E-state index in [9.17, 15) is 0 Å². The molecule has 6 rings (SSSR count).